The van der Waals surface area contributed by atoms with Gasteiger partial charge in [-0.25, -0.2) is 9.80 Å². The van der Waals surface area contributed by atoms with Gasteiger partial charge in [-0.1, -0.05) is 66.7 Å². The first kappa shape index (κ1) is 26.9. The molecule has 5 amide bonds. The SMILES string of the molecule is CC1CN(C(c2ccccc2)c2ccccc2)CC(C)N1Cc1ccc2c(c1)C(=O)N(N1CCC(=O)NC1=O)C2=O. The van der Waals surface area contributed by atoms with Crippen molar-refractivity contribution < 1.29 is 19.2 Å². The Bertz CT molecular complexity index is 1440. The molecule has 3 aliphatic rings. The lowest BCUT2D eigenvalue weighted by Crippen LogP contribution is -2.58. The lowest BCUT2D eigenvalue weighted by molar-refractivity contribution is -0.122. The van der Waals surface area contributed by atoms with Gasteiger partial charge in [0.2, 0.25) is 5.91 Å². The van der Waals surface area contributed by atoms with Gasteiger partial charge >= 0.3 is 6.03 Å². The lowest BCUT2D eigenvalue weighted by Gasteiger charge is -2.47. The van der Waals surface area contributed by atoms with Gasteiger partial charge in [0.15, 0.2) is 0 Å². The smallest absolute Gasteiger partial charge is 0.291 e. The number of nitrogens with zero attached hydrogens (tertiary/aromatic N) is 4. The Morgan fingerprint density at radius 2 is 1.37 bits per heavy atom. The van der Waals surface area contributed by atoms with E-state index in [1.807, 2.05) is 18.2 Å². The number of amides is 5. The zero-order valence-corrected chi connectivity index (χ0v) is 23.2. The molecule has 3 aliphatic heterocycles. The first-order valence-corrected chi connectivity index (χ1v) is 14.0. The molecule has 3 aromatic carbocycles. The molecule has 0 aromatic heterocycles. The Balaban J connectivity index is 1.19. The third-order valence-electron chi connectivity index (χ3n) is 8.29. The van der Waals surface area contributed by atoms with Crippen molar-refractivity contribution >= 4 is 23.8 Å². The molecule has 0 radical (unpaired) electrons. The van der Waals surface area contributed by atoms with Gasteiger partial charge in [-0.05, 0) is 42.7 Å². The molecule has 41 heavy (non-hydrogen) atoms. The minimum atomic E-state index is -0.763. The molecule has 0 spiro atoms. The highest BCUT2D eigenvalue weighted by atomic mass is 16.2. The van der Waals surface area contributed by atoms with Crippen LogP contribution in [0.1, 0.15) is 63.7 Å². The number of hydrogen-bond acceptors (Lipinski definition) is 6. The predicted octanol–water partition coefficient (Wildman–Crippen LogP) is 3.82. The second-order valence-corrected chi connectivity index (χ2v) is 11.1. The van der Waals surface area contributed by atoms with E-state index >= 15 is 0 Å². The summed E-state index contributed by atoms with van der Waals surface area (Å²) < 4.78 is 0. The summed E-state index contributed by atoms with van der Waals surface area (Å²) >= 11 is 0. The number of piperazine rings is 1. The van der Waals surface area contributed by atoms with E-state index in [-0.39, 0.29) is 42.2 Å². The molecule has 3 aromatic rings. The van der Waals surface area contributed by atoms with Crippen molar-refractivity contribution in [2.24, 2.45) is 0 Å². The fourth-order valence-corrected chi connectivity index (χ4v) is 6.35. The normalized spacial score (nSPS) is 21.9. The maximum atomic E-state index is 13.3. The average molecular weight is 552 g/mol. The maximum Gasteiger partial charge on any atom is 0.343 e. The van der Waals surface area contributed by atoms with Gasteiger partial charge in [0.05, 0.1) is 23.7 Å². The van der Waals surface area contributed by atoms with Gasteiger partial charge in [0, 0.05) is 38.1 Å². The standard InChI is InChI=1S/C32H33N5O4/c1-21-18-34(29(24-9-5-3-6-10-24)25-11-7-4-8-12-25)19-22(2)35(21)20-23-13-14-26-27(17-23)31(40)37(30(26)39)36-16-15-28(38)33-32(36)41/h3-14,17,21-22,29H,15-16,18-20H2,1-2H3,(H,33,38,41). The van der Waals surface area contributed by atoms with Gasteiger partial charge in [-0.15, -0.1) is 0 Å². The van der Waals surface area contributed by atoms with Crippen LogP contribution in [-0.2, 0) is 11.3 Å². The summed E-state index contributed by atoms with van der Waals surface area (Å²) in [6, 6.07) is 26.4. The van der Waals surface area contributed by atoms with Crippen molar-refractivity contribution in [3.63, 3.8) is 0 Å². The van der Waals surface area contributed by atoms with E-state index in [0.717, 1.165) is 28.7 Å². The molecule has 2 atom stereocenters. The van der Waals surface area contributed by atoms with E-state index in [0.29, 0.717) is 6.54 Å². The lowest BCUT2D eigenvalue weighted by atomic mass is 9.94. The highest BCUT2D eigenvalue weighted by molar-refractivity contribution is 6.22. The van der Waals surface area contributed by atoms with Crippen LogP contribution in [0.2, 0.25) is 0 Å². The number of fused-ring (bicyclic) bond motifs is 1. The molecule has 0 bridgehead atoms. The Hall–Kier alpha value is -4.34. The molecule has 0 saturated carbocycles. The largest absolute Gasteiger partial charge is 0.343 e. The first-order valence-electron chi connectivity index (χ1n) is 14.0. The number of hydrazine groups is 1. The second-order valence-electron chi connectivity index (χ2n) is 11.1. The number of rotatable bonds is 6. The molecule has 6 rings (SSSR count). The molecule has 2 fully saturated rings. The predicted molar refractivity (Wildman–Crippen MR) is 153 cm³/mol. The molecule has 1 N–H and O–H groups in total. The summed E-state index contributed by atoms with van der Waals surface area (Å²) in [5.74, 6) is -1.52. The van der Waals surface area contributed by atoms with E-state index in [9.17, 15) is 19.2 Å². The van der Waals surface area contributed by atoms with Crippen molar-refractivity contribution in [1.29, 1.82) is 0 Å². The molecular formula is C32H33N5O4. The van der Waals surface area contributed by atoms with Gasteiger partial charge in [-0.2, -0.15) is 5.01 Å². The molecule has 9 heteroatoms. The van der Waals surface area contributed by atoms with Crippen molar-refractivity contribution in [2.45, 2.75) is 44.9 Å². The van der Waals surface area contributed by atoms with Crippen LogP contribution in [0.4, 0.5) is 4.79 Å². The summed E-state index contributed by atoms with van der Waals surface area (Å²) in [4.78, 5) is 55.2. The van der Waals surface area contributed by atoms with Gasteiger partial charge in [0.25, 0.3) is 11.8 Å². The molecule has 0 aliphatic carbocycles. The minimum Gasteiger partial charge on any atom is -0.291 e. The van der Waals surface area contributed by atoms with Crippen LogP contribution in [0.3, 0.4) is 0 Å². The third-order valence-corrected chi connectivity index (χ3v) is 8.29. The Labute approximate surface area is 239 Å². The number of urea groups is 1. The molecule has 210 valence electrons. The Morgan fingerprint density at radius 3 is 1.95 bits per heavy atom. The first-order chi connectivity index (χ1) is 19.8. The van der Waals surface area contributed by atoms with Gasteiger partial charge in [0.1, 0.15) is 0 Å². The maximum absolute atomic E-state index is 13.3. The molecule has 3 heterocycles. The zero-order valence-electron chi connectivity index (χ0n) is 23.2. The van der Waals surface area contributed by atoms with Crippen LogP contribution >= 0.6 is 0 Å². The van der Waals surface area contributed by atoms with Gasteiger partial charge < -0.3 is 0 Å². The quantitative estimate of drug-likeness (QED) is 0.469. The van der Waals surface area contributed by atoms with Crippen molar-refractivity contribution in [2.75, 3.05) is 19.6 Å². The number of imide groups is 2. The van der Waals surface area contributed by atoms with E-state index in [1.165, 1.54) is 11.1 Å². The second kappa shape index (κ2) is 10.9. The summed E-state index contributed by atoms with van der Waals surface area (Å²) in [5.41, 5.74) is 4.02. The van der Waals surface area contributed by atoms with Crippen molar-refractivity contribution in [3.05, 3.63) is 107 Å². The number of hydrogen-bond donors (Lipinski definition) is 1. The van der Waals surface area contributed by atoms with Crippen LogP contribution in [0.25, 0.3) is 0 Å². The third kappa shape index (κ3) is 5.03. The van der Waals surface area contributed by atoms with Crippen molar-refractivity contribution in [3.8, 4) is 0 Å². The van der Waals surface area contributed by atoms with E-state index in [1.54, 1.807) is 12.1 Å². The topological polar surface area (TPSA) is 93.3 Å². The van der Waals surface area contributed by atoms with Crippen LogP contribution in [0.15, 0.2) is 78.9 Å². The fourth-order valence-electron chi connectivity index (χ4n) is 6.35. The highest BCUT2D eigenvalue weighted by Gasteiger charge is 2.43. The summed E-state index contributed by atoms with van der Waals surface area (Å²) in [6.45, 7) is 6.82. The molecule has 2 saturated heterocycles. The number of nitrogens with one attached hydrogen (secondary N) is 1. The Kier molecular flexibility index (Phi) is 7.15. The summed E-state index contributed by atoms with van der Waals surface area (Å²) in [7, 11) is 0. The Morgan fingerprint density at radius 1 is 0.780 bits per heavy atom. The van der Waals surface area contributed by atoms with Crippen LogP contribution in [-0.4, -0.2) is 75.3 Å². The van der Waals surface area contributed by atoms with E-state index < -0.39 is 23.8 Å². The zero-order chi connectivity index (χ0) is 28.7. The average Bonchev–Trinajstić information content (AvgIpc) is 3.21. The number of benzene rings is 3. The fraction of sp³-hybridized carbons (Fsp3) is 0.312. The van der Waals surface area contributed by atoms with Crippen LogP contribution < -0.4 is 5.32 Å². The monoisotopic (exact) mass is 551 g/mol. The van der Waals surface area contributed by atoms with Crippen LogP contribution in [0, 0.1) is 0 Å². The van der Waals surface area contributed by atoms with Crippen LogP contribution in [0.5, 0.6) is 0 Å². The molecule has 2 unspecified atom stereocenters. The van der Waals surface area contributed by atoms with E-state index in [2.05, 4.69) is 77.5 Å². The molecule has 9 nitrogen and oxygen atoms in total. The number of carbonyl (C=O) groups is 4. The highest BCUT2D eigenvalue weighted by Crippen LogP contribution is 2.33. The minimum absolute atomic E-state index is 0.0186. The number of carbonyl (C=O) groups excluding carboxylic acids is 4. The molecular weight excluding hydrogens is 518 g/mol. The van der Waals surface area contributed by atoms with E-state index in [4.69, 9.17) is 0 Å². The summed E-state index contributed by atoms with van der Waals surface area (Å²) in [5, 5.41) is 4.05. The van der Waals surface area contributed by atoms with Gasteiger partial charge in [-0.3, -0.25) is 29.5 Å². The summed E-state index contributed by atoms with van der Waals surface area (Å²) in [6.07, 6.45) is 0.0293. The van der Waals surface area contributed by atoms with Crippen molar-refractivity contribution in [1.82, 2.24) is 25.1 Å².